The van der Waals surface area contributed by atoms with E-state index in [-0.39, 0.29) is 17.4 Å². The lowest BCUT2D eigenvalue weighted by molar-refractivity contribution is 0.426. The van der Waals surface area contributed by atoms with Crippen LogP contribution in [0, 0.1) is 0 Å². The number of sulfonamides is 2. The first-order valence-electron chi connectivity index (χ1n) is 10.3. The van der Waals surface area contributed by atoms with E-state index in [0.717, 1.165) is 30.0 Å². The van der Waals surface area contributed by atoms with Crippen molar-refractivity contribution in [3.8, 4) is 0 Å². The molecule has 2 aliphatic rings. The van der Waals surface area contributed by atoms with Crippen LogP contribution in [0.3, 0.4) is 0 Å². The van der Waals surface area contributed by atoms with Gasteiger partial charge in [-0.1, -0.05) is 49.1 Å². The van der Waals surface area contributed by atoms with Gasteiger partial charge in [0.05, 0.1) is 4.91 Å². The number of hydrogen-bond acceptors (Lipinski definition) is 5. The van der Waals surface area contributed by atoms with Gasteiger partial charge in [0.2, 0.25) is 20.0 Å². The molecule has 0 radical (unpaired) electrons. The molecule has 10 heteroatoms. The summed E-state index contributed by atoms with van der Waals surface area (Å²) in [6.07, 6.45) is 9.57. The van der Waals surface area contributed by atoms with Crippen LogP contribution in [-0.4, -0.2) is 48.3 Å². The summed E-state index contributed by atoms with van der Waals surface area (Å²) in [5.41, 5.74) is 1.20. The lowest BCUT2D eigenvalue weighted by Gasteiger charge is -2.38. The molecule has 1 aromatic carbocycles. The molecule has 1 unspecified atom stereocenters. The van der Waals surface area contributed by atoms with E-state index in [2.05, 4.69) is 4.90 Å². The third kappa shape index (κ3) is 4.57. The average molecular weight is 488 g/mol. The topological polar surface area (TPSA) is 101 Å². The van der Waals surface area contributed by atoms with E-state index < -0.39 is 24.8 Å². The molecule has 1 aromatic rings. The molecule has 0 saturated heterocycles. The van der Waals surface area contributed by atoms with Gasteiger partial charge in [-0.15, -0.1) is 0 Å². The second-order valence-electron chi connectivity index (χ2n) is 8.43. The van der Waals surface area contributed by atoms with Crippen molar-refractivity contribution in [2.45, 2.75) is 49.3 Å². The van der Waals surface area contributed by atoms with E-state index in [0.29, 0.717) is 16.3 Å². The fraction of sp³-hybridized carbons (Fsp3) is 0.524. The van der Waals surface area contributed by atoms with E-state index in [1.165, 1.54) is 38.7 Å². The Bertz CT molecular complexity index is 1110. The van der Waals surface area contributed by atoms with Crippen molar-refractivity contribution in [1.29, 1.82) is 0 Å². The second kappa shape index (κ2) is 8.86. The number of rotatable bonds is 6. The van der Waals surface area contributed by atoms with Crippen molar-refractivity contribution in [1.82, 2.24) is 4.31 Å². The van der Waals surface area contributed by atoms with Crippen LogP contribution >= 0.6 is 11.6 Å². The highest BCUT2D eigenvalue weighted by atomic mass is 35.5. The second-order valence-corrected chi connectivity index (χ2v) is 12.8. The van der Waals surface area contributed by atoms with Gasteiger partial charge >= 0.3 is 0 Å². The van der Waals surface area contributed by atoms with Gasteiger partial charge in [0, 0.05) is 43.5 Å². The SMILES string of the molecule is CN(c1cc(Cl)ccc1C1(S(N)(=O)=O)C=CC(S(=O)(=O)N(C)C)=CC1)C1CCCCC1. The fourth-order valence-corrected chi connectivity index (χ4v) is 6.57. The van der Waals surface area contributed by atoms with Gasteiger partial charge in [-0.2, -0.15) is 0 Å². The quantitative estimate of drug-likeness (QED) is 0.663. The minimum absolute atomic E-state index is 0.0490. The van der Waals surface area contributed by atoms with Crippen LogP contribution in [0.5, 0.6) is 0 Å². The fourth-order valence-electron chi connectivity index (χ4n) is 4.39. The van der Waals surface area contributed by atoms with Gasteiger partial charge < -0.3 is 4.90 Å². The van der Waals surface area contributed by atoms with Crippen LogP contribution in [0.2, 0.25) is 5.02 Å². The maximum absolute atomic E-state index is 12.9. The van der Waals surface area contributed by atoms with Gasteiger partial charge in [0.25, 0.3) is 0 Å². The first-order valence-corrected chi connectivity index (χ1v) is 13.6. The molecule has 3 rings (SSSR count). The summed E-state index contributed by atoms with van der Waals surface area (Å²) in [6.45, 7) is 0. The summed E-state index contributed by atoms with van der Waals surface area (Å²) in [4.78, 5) is 2.14. The highest BCUT2D eigenvalue weighted by Gasteiger charge is 2.45. The largest absolute Gasteiger partial charge is 0.371 e. The Hall–Kier alpha value is -1.39. The number of halogens is 1. The smallest absolute Gasteiger partial charge is 0.242 e. The van der Waals surface area contributed by atoms with Crippen molar-refractivity contribution in [3.05, 3.63) is 51.9 Å². The number of anilines is 1. The number of nitrogens with zero attached hydrogens (tertiary/aromatic N) is 2. The summed E-state index contributed by atoms with van der Waals surface area (Å²) < 4.78 is 50.4. The monoisotopic (exact) mass is 487 g/mol. The number of allylic oxidation sites excluding steroid dienone is 2. The highest BCUT2D eigenvalue weighted by Crippen LogP contribution is 2.44. The van der Waals surface area contributed by atoms with Gasteiger partial charge in [0.15, 0.2) is 0 Å². The van der Waals surface area contributed by atoms with Crippen molar-refractivity contribution < 1.29 is 16.8 Å². The lowest BCUT2D eigenvalue weighted by atomic mass is 9.88. The third-order valence-electron chi connectivity index (χ3n) is 6.33. The van der Waals surface area contributed by atoms with Crippen LogP contribution in [0.15, 0.2) is 41.3 Å². The molecule has 0 bridgehead atoms. The molecule has 1 fully saturated rings. The minimum Gasteiger partial charge on any atom is -0.371 e. The van der Waals surface area contributed by atoms with Crippen molar-refractivity contribution in [2.75, 3.05) is 26.0 Å². The van der Waals surface area contributed by atoms with Crippen molar-refractivity contribution >= 4 is 37.3 Å². The summed E-state index contributed by atoms with van der Waals surface area (Å²) in [5.74, 6) is 0. The van der Waals surface area contributed by atoms with Crippen LogP contribution < -0.4 is 10.0 Å². The van der Waals surface area contributed by atoms with Crippen molar-refractivity contribution in [3.63, 3.8) is 0 Å². The summed E-state index contributed by atoms with van der Waals surface area (Å²) in [6, 6.07) is 5.37. The summed E-state index contributed by atoms with van der Waals surface area (Å²) in [5, 5.41) is 6.25. The Labute approximate surface area is 190 Å². The molecule has 1 saturated carbocycles. The van der Waals surface area contributed by atoms with E-state index in [1.54, 1.807) is 18.2 Å². The Kier molecular flexibility index (Phi) is 6.93. The third-order valence-corrected chi connectivity index (χ3v) is 9.96. The molecule has 0 aromatic heterocycles. The predicted molar refractivity (Wildman–Crippen MR) is 126 cm³/mol. The molecule has 1 atom stereocenters. The normalized spacial score (nSPS) is 23.1. The number of hydrogen-bond donors (Lipinski definition) is 1. The first kappa shape index (κ1) is 24.3. The molecular formula is C21H30ClN3O4S2. The molecule has 0 amide bonds. The molecule has 31 heavy (non-hydrogen) atoms. The molecule has 172 valence electrons. The molecule has 0 heterocycles. The molecule has 0 aliphatic heterocycles. The van der Waals surface area contributed by atoms with Crippen LogP contribution in [-0.2, 0) is 24.8 Å². The van der Waals surface area contributed by atoms with E-state index in [9.17, 15) is 16.8 Å². The minimum atomic E-state index is -4.14. The molecule has 7 nitrogen and oxygen atoms in total. The Morgan fingerprint density at radius 3 is 2.23 bits per heavy atom. The van der Waals surface area contributed by atoms with Gasteiger partial charge in [-0.25, -0.2) is 26.3 Å². The highest BCUT2D eigenvalue weighted by molar-refractivity contribution is 7.93. The standard InChI is InChI=1S/C21H30ClN3O4S2/c1-24(2)30(26,27)18-11-13-21(14-12-18,31(23,28)29)19-10-9-16(22)15-20(19)25(3)17-7-5-4-6-8-17/h9-13,15,17H,4-8,14H2,1-3H3,(H2,23,28,29). The van der Waals surface area contributed by atoms with E-state index in [4.69, 9.17) is 16.7 Å². The molecule has 2 aliphatic carbocycles. The summed E-state index contributed by atoms with van der Waals surface area (Å²) in [7, 11) is -3.01. The maximum Gasteiger partial charge on any atom is 0.242 e. The number of nitrogens with two attached hydrogens (primary N) is 1. The maximum atomic E-state index is 12.9. The van der Waals surface area contributed by atoms with Crippen molar-refractivity contribution in [2.24, 2.45) is 5.14 Å². The van der Waals surface area contributed by atoms with Crippen LogP contribution in [0.1, 0.15) is 44.1 Å². The van der Waals surface area contributed by atoms with Gasteiger partial charge in [-0.3, -0.25) is 0 Å². The van der Waals surface area contributed by atoms with Gasteiger partial charge in [-0.05, 0) is 37.5 Å². The predicted octanol–water partition coefficient (Wildman–Crippen LogP) is 3.33. The molecule has 2 N–H and O–H groups in total. The zero-order valence-electron chi connectivity index (χ0n) is 18.1. The van der Waals surface area contributed by atoms with Crippen LogP contribution in [0.25, 0.3) is 0 Å². The molecule has 0 spiro atoms. The molecular weight excluding hydrogens is 458 g/mol. The zero-order valence-corrected chi connectivity index (χ0v) is 20.5. The number of primary sulfonamides is 1. The average Bonchev–Trinajstić information content (AvgIpc) is 2.73. The Morgan fingerprint density at radius 1 is 1.06 bits per heavy atom. The number of benzene rings is 1. The summed E-state index contributed by atoms with van der Waals surface area (Å²) >= 11 is 6.29. The Morgan fingerprint density at radius 2 is 1.71 bits per heavy atom. The zero-order chi connectivity index (χ0) is 23.0. The van der Waals surface area contributed by atoms with Crippen LogP contribution in [0.4, 0.5) is 5.69 Å². The van der Waals surface area contributed by atoms with E-state index >= 15 is 0 Å². The first-order chi connectivity index (χ1) is 14.4. The lowest BCUT2D eigenvalue weighted by Crippen LogP contribution is -2.43. The van der Waals surface area contributed by atoms with Gasteiger partial charge in [0.1, 0.15) is 4.75 Å². The Balaban J connectivity index is 2.12. The van der Waals surface area contributed by atoms with E-state index in [1.807, 2.05) is 7.05 Å².